The molecule has 0 aliphatic carbocycles. The lowest BCUT2D eigenvalue weighted by Gasteiger charge is -2.40. The van der Waals surface area contributed by atoms with E-state index < -0.39 is 67.3 Å². The molecule has 1 aliphatic heterocycles. The van der Waals surface area contributed by atoms with Gasteiger partial charge >= 0.3 is 23.9 Å². The van der Waals surface area contributed by atoms with Crippen LogP contribution in [0.25, 0.3) is 0 Å². The van der Waals surface area contributed by atoms with E-state index in [1.165, 1.54) is 83.5 Å². The number of rotatable bonds is 51. The fraction of sp³-hybridized carbons (Fsp3) is 0.723. The molecule has 0 radical (unpaired) electrons. The van der Waals surface area contributed by atoms with Gasteiger partial charge in [0.1, 0.15) is 18.8 Å². The fourth-order valence-corrected chi connectivity index (χ4v) is 8.80. The molecule has 440 valence electrons. The zero-order chi connectivity index (χ0) is 56.1. The SMILES string of the molecule is CC/C=C\C/C=C\C/C=C\CCCCCCCC(=O)OC1C(OCC(COC(=O)CCCCCCCCCCC/C=C\CCCCCCCC)OC(=O)CCCCC/C=C\C/C=C\C/C=C\CC)OC(C(=O)O)C(O)C1O. The molecule has 0 bridgehead atoms. The minimum Gasteiger partial charge on any atom is -0.479 e. The van der Waals surface area contributed by atoms with Crippen LogP contribution in [-0.2, 0) is 42.9 Å². The molecule has 1 aliphatic rings. The number of hydrogen-bond acceptors (Lipinski definition) is 11. The van der Waals surface area contributed by atoms with Crippen molar-refractivity contribution in [3.05, 3.63) is 85.1 Å². The first-order valence-electron chi connectivity index (χ1n) is 30.6. The van der Waals surface area contributed by atoms with Crippen LogP contribution in [-0.4, -0.2) is 89.2 Å². The fourth-order valence-electron chi connectivity index (χ4n) is 8.80. The Balaban J connectivity index is 2.68. The maximum Gasteiger partial charge on any atom is 0.335 e. The molecule has 12 nitrogen and oxygen atoms in total. The van der Waals surface area contributed by atoms with Crippen molar-refractivity contribution >= 4 is 23.9 Å². The van der Waals surface area contributed by atoms with Gasteiger partial charge in [-0.1, -0.05) is 209 Å². The Labute approximate surface area is 467 Å². The van der Waals surface area contributed by atoms with Crippen molar-refractivity contribution in [1.82, 2.24) is 0 Å². The highest BCUT2D eigenvalue weighted by Crippen LogP contribution is 2.26. The summed E-state index contributed by atoms with van der Waals surface area (Å²) < 4.78 is 28.4. The predicted octanol–water partition coefficient (Wildman–Crippen LogP) is 15.9. The largest absolute Gasteiger partial charge is 0.479 e. The number of carbonyl (C=O) groups excluding carboxylic acids is 3. The van der Waals surface area contributed by atoms with Gasteiger partial charge in [-0.15, -0.1) is 0 Å². The Hall–Kier alpha value is -4.10. The Morgan fingerprint density at radius 1 is 0.442 bits per heavy atom. The Morgan fingerprint density at radius 3 is 1.27 bits per heavy atom. The number of hydrogen-bond donors (Lipinski definition) is 3. The van der Waals surface area contributed by atoms with E-state index in [-0.39, 0.29) is 25.9 Å². The predicted molar refractivity (Wildman–Crippen MR) is 312 cm³/mol. The maximum atomic E-state index is 13.1. The molecule has 3 N–H and O–H groups in total. The minimum absolute atomic E-state index is 0.0345. The van der Waals surface area contributed by atoms with Gasteiger partial charge in [0.2, 0.25) is 0 Å². The molecule has 6 atom stereocenters. The average molecular weight is 1080 g/mol. The van der Waals surface area contributed by atoms with E-state index in [0.717, 1.165) is 109 Å². The molecule has 1 heterocycles. The molecule has 0 aromatic rings. The van der Waals surface area contributed by atoms with Gasteiger partial charge in [0.25, 0.3) is 0 Å². The van der Waals surface area contributed by atoms with Crippen molar-refractivity contribution in [2.75, 3.05) is 13.2 Å². The second-order valence-electron chi connectivity index (χ2n) is 20.6. The quantitative estimate of drug-likeness (QED) is 0.0228. The van der Waals surface area contributed by atoms with Gasteiger partial charge in [0.15, 0.2) is 24.6 Å². The molecular weight excluding hydrogens is 973 g/mol. The zero-order valence-corrected chi connectivity index (χ0v) is 48.4. The molecule has 0 amide bonds. The van der Waals surface area contributed by atoms with Gasteiger partial charge in [-0.3, -0.25) is 14.4 Å². The van der Waals surface area contributed by atoms with Gasteiger partial charge in [-0.05, 0) is 109 Å². The van der Waals surface area contributed by atoms with Gasteiger partial charge < -0.3 is 39.0 Å². The highest BCUT2D eigenvalue weighted by atomic mass is 16.7. The Bertz CT molecular complexity index is 1660. The number of ether oxygens (including phenoxy) is 5. The van der Waals surface area contributed by atoms with Crippen molar-refractivity contribution in [1.29, 1.82) is 0 Å². The standard InChI is InChI=1S/C65H108O12/c1-4-7-10-13-16-19-22-25-27-28-29-30-32-34-36-39-42-45-48-51-57(66)73-54-56(75-58(67)52-49-46-43-40-37-33-24-21-18-15-12-9-6-3)55-74-65-63(61(70)60(69)62(77-65)64(71)72)76-59(68)53-50-47-44-41-38-35-31-26-23-20-17-14-11-8-5-2/h8-9,11-12,17-18,20-21,25-27,31,33,37,56,60-63,65,69-70H,4-7,10,13-16,19,22-24,28-30,32,34-36,38-55H2,1-3H3,(H,71,72)/b11-8-,12-9-,20-17-,21-18-,27-25-,31-26-,37-33-. The molecule has 0 saturated carbocycles. The monoisotopic (exact) mass is 1080 g/mol. The Morgan fingerprint density at radius 2 is 0.818 bits per heavy atom. The molecule has 0 aromatic carbocycles. The molecule has 0 spiro atoms. The molecule has 6 unspecified atom stereocenters. The van der Waals surface area contributed by atoms with Crippen molar-refractivity contribution in [3.63, 3.8) is 0 Å². The van der Waals surface area contributed by atoms with Crippen molar-refractivity contribution in [2.24, 2.45) is 0 Å². The summed E-state index contributed by atoms with van der Waals surface area (Å²) in [7, 11) is 0. The second kappa shape index (κ2) is 52.6. The third-order valence-electron chi connectivity index (χ3n) is 13.4. The number of aliphatic hydroxyl groups is 2. The second-order valence-corrected chi connectivity index (χ2v) is 20.6. The summed E-state index contributed by atoms with van der Waals surface area (Å²) in [5.41, 5.74) is 0. The lowest BCUT2D eigenvalue weighted by molar-refractivity contribution is -0.301. The van der Waals surface area contributed by atoms with Crippen LogP contribution < -0.4 is 0 Å². The van der Waals surface area contributed by atoms with Crippen LogP contribution in [0.5, 0.6) is 0 Å². The summed E-state index contributed by atoms with van der Waals surface area (Å²) in [5, 5.41) is 31.5. The molecular formula is C65H108O12. The summed E-state index contributed by atoms with van der Waals surface area (Å²) in [4.78, 5) is 51.2. The number of carbonyl (C=O) groups is 4. The van der Waals surface area contributed by atoms with Crippen LogP contribution in [0.1, 0.15) is 252 Å². The molecule has 12 heteroatoms. The van der Waals surface area contributed by atoms with E-state index in [9.17, 15) is 34.5 Å². The van der Waals surface area contributed by atoms with Crippen LogP contribution >= 0.6 is 0 Å². The van der Waals surface area contributed by atoms with Crippen LogP contribution in [0.2, 0.25) is 0 Å². The Kier molecular flexibility index (Phi) is 48.4. The topological polar surface area (TPSA) is 175 Å². The number of aliphatic carboxylic acids is 1. The normalized spacial score (nSPS) is 18.6. The van der Waals surface area contributed by atoms with Crippen LogP contribution in [0.15, 0.2) is 85.1 Å². The van der Waals surface area contributed by atoms with E-state index in [4.69, 9.17) is 23.7 Å². The van der Waals surface area contributed by atoms with Crippen LogP contribution in [0, 0.1) is 0 Å². The summed E-state index contributed by atoms with van der Waals surface area (Å²) in [5.74, 6) is -3.18. The molecule has 1 rings (SSSR count). The van der Waals surface area contributed by atoms with Gasteiger partial charge in [-0.25, -0.2) is 4.79 Å². The lowest BCUT2D eigenvalue weighted by Crippen LogP contribution is -2.61. The van der Waals surface area contributed by atoms with Crippen molar-refractivity contribution in [2.45, 2.75) is 289 Å². The molecule has 1 saturated heterocycles. The number of esters is 3. The van der Waals surface area contributed by atoms with Crippen LogP contribution in [0.4, 0.5) is 0 Å². The third kappa shape index (κ3) is 42.5. The number of carboxylic acid groups (broad SMARTS) is 1. The van der Waals surface area contributed by atoms with Gasteiger partial charge in [-0.2, -0.15) is 0 Å². The highest BCUT2D eigenvalue weighted by Gasteiger charge is 2.50. The summed E-state index contributed by atoms with van der Waals surface area (Å²) in [6.45, 7) is 5.73. The first-order valence-corrected chi connectivity index (χ1v) is 30.6. The summed E-state index contributed by atoms with van der Waals surface area (Å²) >= 11 is 0. The van der Waals surface area contributed by atoms with E-state index in [2.05, 4.69) is 106 Å². The van der Waals surface area contributed by atoms with E-state index in [1.54, 1.807) is 0 Å². The number of aliphatic hydroxyl groups excluding tert-OH is 2. The number of carboxylic acids is 1. The molecule has 77 heavy (non-hydrogen) atoms. The van der Waals surface area contributed by atoms with Crippen molar-refractivity contribution in [3.8, 4) is 0 Å². The summed E-state index contributed by atoms with van der Waals surface area (Å²) in [6.07, 6.45) is 55.6. The minimum atomic E-state index is -1.92. The van der Waals surface area contributed by atoms with E-state index in [0.29, 0.717) is 19.3 Å². The number of unbranched alkanes of at least 4 members (excludes halogenated alkanes) is 23. The lowest BCUT2D eigenvalue weighted by atomic mass is 9.98. The smallest absolute Gasteiger partial charge is 0.335 e. The first kappa shape index (κ1) is 70.9. The first-order chi connectivity index (χ1) is 37.6. The molecule has 1 fully saturated rings. The van der Waals surface area contributed by atoms with Crippen LogP contribution in [0.3, 0.4) is 0 Å². The average Bonchev–Trinajstić information content (AvgIpc) is 3.42. The van der Waals surface area contributed by atoms with Gasteiger partial charge in [0.05, 0.1) is 6.61 Å². The maximum absolute atomic E-state index is 13.1. The van der Waals surface area contributed by atoms with Crippen molar-refractivity contribution < 1.29 is 58.2 Å². The zero-order valence-electron chi connectivity index (χ0n) is 48.4. The van der Waals surface area contributed by atoms with E-state index >= 15 is 0 Å². The third-order valence-corrected chi connectivity index (χ3v) is 13.4. The van der Waals surface area contributed by atoms with E-state index in [1.807, 2.05) is 0 Å². The highest BCUT2D eigenvalue weighted by molar-refractivity contribution is 5.74. The van der Waals surface area contributed by atoms with Gasteiger partial charge in [0, 0.05) is 19.3 Å². The molecule has 0 aromatic heterocycles. The number of allylic oxidation sites excluding steroid dienone is 14. The summed E-state index contributed by atoms with van der Waals surface area (Å²) in [6, 6.07) is 0.